The van der Waals surface area contributed by atoms with E-state index in [1.54, 1.807) is 12.1 Å². The molecule has 0 spiro atoms. The second-order valence-electron chi connectivity index (χ2n) is 5.12. The van der Waals surface area contributed by atoms with E-state index in [9.17, 15) is 24.9 Å². The van der Waals surface area contributed by atoms with E-state index in [1.807, 2.05) is 0 Å². The van der Waals surface area contributed by atoms with Gasteiger partial charge in [-0.25, -0.2) is 4.79 Å². The summed E-state index contributed by atoms with van der Waals surface area (Å²) >= 11 is 0. The van der Waals surface area contributed by atoms with E-state index in [4.69, 9.17) is 0 Å². The van der Waals surface area contributed by atoms with Crippen LogP contribution >= 0.6 is 0 Å². The molecule has 5 N–H and O–H groups in total. The summed E-state index contributed by atoms with van der Waals surface area (Å²) in [6.07, 6.45) is -0.185. The average molecular weight is 294 g/mol. The van der Waals surface area contributed by atoms with Gasteiger partial charge in [-0.1, -0.05) is 12.1 Å². The zero-order chi connectivity index (χ0) is 15.4. The quantitative estimate of drug-likeness (QED) is 0.486. The van der Waals surface area contributed by atoms with Gasteiger partial charge in [0.2, 0.25) is 5.91 Å². The van der Waals surface area contributed by atoms with Crippen LogP contribution in [0, 0.1) is 0 Å². The summed E-state index contributed by atoms with van der Waals surface area (Å²) in [5.74, 6) is -1.47. The predicted molar refractivity (Wildman–Crippen MR) is 73.8 cm³/mol. The van der Waals surface area contributed by atoms with Crippen molar-refractivity contribution in [3.05, 3.63) is 29.8 Å². The maximum absolute atomic E-state index is 12.0. The van der Waals surface area contributed by atoms with Crippen molar-refractivity contribution in [1.29, 1.82) is 0 Å². The molecule has 0 radical (unpaired) electrons. The van der Waals surface area contributed by atoms with E-state index in [1.165, 1.54) is 12.1 Å². The summed E-state index contributed by atoms with van der Waals surface area (Å²) in [4.78, 5) is 23.2. The summed E-state index contributed by atoms with van der Waals surface area (Å²) in [5.41, 5.74) is 0.694. The molecule has 21 heavy (non-hydrogen) atoms. The van der Waals surface area contributed by atoms with Crippen molar-refractivity contribution in [2.45, 2.75) is 31.0 Å². The molecule has 1 fully saturated rings. The number of β-amino-alcohol motifs (C(OH)–C–C–N with tert-alkyl or cyclic N) is 1. The minimum absolute atomic E-state index is 0.0961. The number of carbonyl (C=O) groups excluding carboxylic acids is 1. The Morgan fingerprint density at radius 3 is 2.52 bits per heavy atom. The van der Waals surface area contributed by atoms with Gasteiger partial charge in [-0.05, 0) is 24.1 Å². The third kappa shape index (κ3) is 4.17. The number of phenols is 1. The highest BCUT2D eigenvalue weighted by molar-refractivity contribution is 5.87. The van der Waals surface area contributed by atoms with Crippen LogP contribution in [0.15, 0.2) is 24.3 Å². The Morgan fingerprint density at radius 1 is 1.33 bits per heavy atom. The van der Waals surface area contributed by atoms with Gasteiger partial charge in [0.05, 0.1) is 12.1 Å². The number of phenolic OH excluding ortho intramolecular Hbond substituents is 1. The van der Waals surface area contributed by atoms with Crippen LogP contribution in [0.4, 0.5) is 0 Å². The molecule has 7 heteroatoms. The van der Waals surface area contributed by atoms with Gasteiger partial charge in [0, 0.05) is 13.0 Å². The van der Waals surface area contributed by atoms with Gasteiger partial charge in [0.1, 0.15) is 11.8 Å². The number of hydrogen-bond acceptors (Lipinski definition) is 5. The Bertz CT molecular complexity index is 517. The lowest BCUT2D eigenvalue weighted by molar-refractivity contribution is -0.142. The number of carbonyl (C=O) groups is 2. The first-order valence-electron chi connectivity index (χ1n) is 6.68. The van der Waals surface area contributed by atoms with Gasteiger partial charge >= 0.3 is 5.97 Å². The van der Waals surface area contributed by atoms with Crippen molar-refractivity contribution in [1.82, 2.24) is 10.6 Å². The van der Waals surface area contributed by atoms with Crippen LogP contribution in [0.3, 0.4) is 0 Å². The first-order valence-corrected chi connectivity index (χ1v) is 6.68. The number of nitrogens with one attached hydrogen (secondary N) is 2. The maximum Gasteiger partial charge on any atom is 0.326 e. The van der Waals surface area contributed by atoms with E-state index in [0.717, 1.165) is 0 Å². The van der Waals surface area contributed by atoms with Gasteiger partial charge < -0.3 is 26.0 Å². The molecular weight excluding hydrogens is 276 g/mol. The number of carboxylic acids is 1. The van der Waals surface area contributed by atoms with Crippen LogP contribution in [-0.4, -0.2) is 51.9 Å². The molecule has 0 saturated carbocycles. The number of carboxylic acid groups (broad SMARTS) is 1. The molecular formula is C14H18N2O5. The van der Waals surface area contributed by atoms with Crippen LogP contribution in [0.1, 0.15) is 12.0 Å². The van der Waals surface area contributed by atoms with Gasteiger partial charge in [-0.2, -0.15) is 0 Å². The summed E-state index contributed by atoms with van der Waals surface area (Å²) in [6, 6.07) is 4.52. The first kappa shape index (κ1) is 15.3. The fraction of sp³-hybridized carbons (Fsp3) is 0.429. The standard InChI is InChI=1S/C14H18N2O5/c17-9-3-1-8(2-4-9)5-12(14(20)21)16-13(19)11-6-10(18)7-15-11/h1-4,10-12,15,17-18H,5-7H2,(H,16,19)(H,20,21)/t10-,11+,12+/m1/s1. The fourth-order valence-electron chi connectivity index (χ4n) is 2.26. The number of amides is 1. The summed E-state index contributed by atoms with van der Waals surface area (Å²) in [6.45, 7) is 0.327. The second kappa shape index (κ2) is 6.55. The number of aliphatic hydroxyl groups is 1. The monoisotopic (exact) mass is 294 g/mol. The number of hydrogen-bond donors (Lipinski definition) is 5. The number of aliphatic carboxylic acids is 1. The highest BCUT2D eigenvalue weighted by atomic mass is 16.4. The lowest BCUT2D eigenvalue weighted by atomic mass is 10.0. The third-order valence-corrected chi connectivity index (χ3v) is 3.41. The average Bonchev–Trinajstić information content (AvgIpc) is 2.87. The summed E-state index contributed by atoms with van der Waals surface area (Å²) in [5, 5.41) is 33.1. The van der Waals surface area contributed by atoms with Gasteiger partial charge in [-0.3, -0.25) is 4.79 Å². The Hall–Kier alpha value is -2.12. The molecule has 1 aromatic carbocycles. The van der Waals surface area contributed by atoms with Crippen molar-refractivity contribution in [2.75, 3.05) is 6.54 Å². The highest BCUT2D eigenvalue weighted by Crippen LogP contribution is 2.12. The van der Waals surface area contributed by atoms with Crippen LogP contribution < -0.4 is 10.6 Å². The van der Waals surface area contributed by atoms with Gasteiger partial charge in [-0.15, -0.1) is 0 Å². The van der Waals surface area contributed by atoms with Crippen molar-refractivity contribution >= 4 is 11.9 Å². The molecule has 1 aliphatic heterocycles. The van der Waals surface area contributed by atoms with Gasteiger partial charge in [0.25, 0.3) is 0 Å². The van der Waals surface area contributed by atoms with Crippen LogP contribution in [-0.2, 0) is 16.0 Å². The first-order chi connectivity index (χ1) is 9.95. The lowest BCUT2D eigenvalue weighted by Gasteiger charge is -2.17. The summed E-state index contributed by atoms with van der Waals surface area (Å²) in [7, 11) is 0. The fourth-order valence-corrected chi connectivity index (χ4v) is 2.26. The molecule has 114 valence electrons. The molecule has 0 aliphatic carbocycles. The second-order valence-corrected chi connectivity index (χ2v) is 5.12. The molecule has 1 saturated heterocycles. The number of aliphatic hydroxyl groups excluding tert-OH is 1. The van der Waals surface area contributed by atoms with Crippen molar-refractivity contribution in [2.24, 2.45) is 0 Å². The minimum atomic E-state index is -1.13. The van der Waals surface area contributed by atoms with Crippen LogP contribution in [0.25, 0.3) is 0 Å². The molecule has 7 nitrogen and oxygen atoms in total. The minimum Gasteiger partial charge on any atom is -0.508 e. The topological polar surface area (TPSA) is 119 Å². The van der Waals surface area contributed by atoms with Crippen LogP contribution in [0.5, 0.6) is 5.75 Å². The van der Waals surface area contributed by atoms with Crippen molar-refractivity contribution in [3.8, 4) is 5.75 Å². The molecule has 0 bridgehead atoms. The van der Waals surface area contributed by atoms with Crippen molar-refractivity contribution < 1.29 is 24.9 Å². The van der Waals surface area contributed by atoms with E-state index in [2.05, 4.69) is 10.6 Å². The van der Waals surface area contributed by atoms with Crippen LogP contribution in [0.2, 0.25) is 0 Å². The van der Waals surface area contributed by atoms with Gasteiger partial charge in [0.15, 0.2) is 0 Å². The molecule has 0 unspecified atom stereocenters. The van der Waals surface area contributed by atoms with E-state index in [-0.39, 0.29) is 18.6 Å². The molecule has 1 heterocycles. The normalized spacial score (nSPS) is 22.7. The number of benzene rings is 1. The van der Waals surface area contributed by atoms with E-state index < -0.39 is 30.1 Å². The zero-order valence-electron chi connectivity index (χ0n) is 11.3. The SMILES string of the molecule is O=C(O)[C@H](Cc1ccc(O)cc1)NC(=O)[C@@H]1C[C@@H](O)CN1. The number of aromatic hydroxyl groups is 1. The van der Waals surface area contributed by atoms with E-state index >= 15 is 0 Å². The summed E-state index contributed by atoms with van der Waals surface area (Å²) < 4.78 is 0. The van der Waals surface area contributed by atoms with Crippen molar-refractivity contribution in [3.63, 3.8) is 0 Å². The Labute approximate surface area is 121 Å². The maximum atomic E-state index is 12.0. The molecule has 1 aliphatic rings. The molecule has 3 atom stereocenters. The predicted octanol–water partition coefficient (Wildman–Crippen LogP) is -0.773. The zero-order valence-corrected chi connectivity index (χ0v) is 11.3. The Balaban J connectivity index is 1.97. The third-order valence-electron chi connectivity index (χ3n) is 3.41. The molecule has 1 aromatic rings. The molecule has 0 aromatic heterocycles. The largest absolute Gasteiger partial charge is 0.508 e. The molecule has 2 rings (SSSR count). The highest BCUT2D eigenvalue weighted by Gasteiger charge is 2.30. The Kier molecular flexibility index (Phi) is 4.77. The number of rotatable bonds is 5. The Morgan fingerprint density at radius 2 is 2.00 bits per heavy atom. The van der Waals surface area contributed by atoms with E-state index in [0.29, 0.717) is 12.1 Å². The smallest absolute Gasteiger partial charge is 0.326 e. The lowest BCUT2D eigenvalue weighted by Crippen LogP contribution is -2.49. The molecule has 1 amide bonds.